The lowest BCUT2D eigenvalue weighted by atomic mass is 10.2. The number of aromatic nitrogens is 2. The first-order valence-electron chi connectivity index (χ1n) is 7.58. The number of carbonyl (C=O) groups excluding carboxylic acids is 1. The minimum Gasteiger partial charge on any atom is -0.489 e. The van der Waals surface area contributed by atoms with Gasteiger partial charge in [0, 0.05) is 6.20 Å². The Morgan fingerprint density at radius 3 is 2.75 bits per heavy atom. The Balaban J connectivity index is 1.68. The van der Waals surface area contributed by atoms with Crippen LogP contribution in [0.3, 0.4) is 0 Å². The van der Waals surface area contributed by atoms with Crippen LogP contribution in [0.25, 0.3) is 5.69 Å². The van der Waals surface area contributed by atoms with Crippen LogP contribution in [0.1, 0.15) is 10.5 Å². The van der Waals surface area contributed by atoms with Gasteiger partial charge in [0.1, 0.15) is 18.0 Å². The van der Waals surface area contributed by atoms with Gasteiger partial charge in [-0.25, -0.2) is 9.07 Å². The van der Waals surface area contributed by atoms with Crippen LogP contribution in [0.5, 0.6) is 5.75 Å². The molecule has 0 radical (unpaired) electrons. The van der Waals surface area contributed by atoms with Gasteiger partial charge >= 0.3 is 0 Å². The summed E-state index contributed by atoms with van der Waals surface area (Å²) in [6.45, 7) is 0.604. The first-order valence-corrected chi connectivity index (χ1v) is 7.58. The van der Waals surface area contributed by atoms with Gasteiger partial charge in [-0.2, -0.15) is 5.10 Å². The van der Waals surface area contributed by atoms with Crippen molar-refractivity contribution in [1.82, 2.24) is 9.78 Å². The molecule has 0 bridgehead atoms. The molecule has 3 aromatic rings. The molecule has 0 unspecified atom stereocenters. The summed E-state index contributed by atoms with van der Waals surface area (Å²) in [7, 11) is 0. The average Bonchev–Trinajstić information content (AvgIpc) is 3.12. The van der Waals surface area contributed by atoms with Gasteiger partial charge in [0.05, 0.1) is 12.2 Å². The quantitative estimate of drug-likeness (QED) is 0.728. The van der Waals surface area contributed by atoms with Gasteiger partial charge in [-0.15, -0.1) is 0 Å². The zero-order valence-corrected chi connectivity index (χ0v) is 12.7. The van der Waals surface area contributed by atoms with Crippen LogP contribution < -0.4 is 9.64 Å². The molecule has 0 fully saturated rings. The van der Waals surface area contributed by atoms with Crippen molar-refractivity contribution in [3.8, 4) is 11.4 Å². The summed E-state index contributed by atoms with van der Waals surface area (Å²) in [5.41, 5.74) is 1.28. The van der Waals surface area contributed by atoms with Crippen molar-refractivity contribution in [1.29, 1.82) is 0 Å². The Hall–Kier alpha value is -3.15. The lowest BCUT2D eigenvalue weighted by Gasteiger charge is -2.29. The third kappa shape index (κ3) is 2.42. The minimum atomic E-state index is -0.483. The molecule has 0 aliphatic carbocycles. The number of hydrogen-bond acceptors (Lipinski definition) is 3. The van der Waals surface area contributed by atoms with Gasteiger partial charge in [0.2, 0.25) is 0 Å². The molecule has 6 heteroatoms. The van der Waals surface area contributed by atoms with E-state index < -0.39 is 5.82 Å². The van der Waals surface area contributed by atoms with E-state index in [1.807, 2.05) is 30.3 Å². The minimum absolute atomic E-state index is 0.169. The summed E-state index contributed by atoms with van der Waals surface area (Å²) in [4.78, 5) is 14.2. The van der Waals surface area contributed by atoms with E-state index in [2.05, 4.69) is 5.10 Å². The highest BCUT2D eigenvalue weighted by Crippen LogP contribution is 2.34. The Morgan fingerprint density at radius 1 is 1.08 bits per heavy atom. The maximum Gasteiger partial charge on any atom is 0.279 e. The van der Waals surface area contributed by atoms with Crippen LogP contribution in [-0.4, -0.2) is 28.8 Å². The molecular weight excluding hydrogens is 309 g/mol. The zero-order valence-electron chi connectivity index (χ0n) is 12.7. The van der Waals surface area contributed by atoms with Gasteiger partial charge in [0.25, 0.3) is 5.91 Å². The summed E-state index contributed by atoms with van der Waals surface area (Å²) in [5, 5.41) is 4.32. The molecule has 1 aliphatic heterocycles. The molecule has 4 rings (SSSR count). The molecule has 1 aliphatic rings. The van der Waals surface area contributed by atoms with Crippen molar-refractivity contribution in [3.63, 3.8) is 0 Å². The first kappa shape index (κ1) is 14.4. The largest absolute Gasteiger partial charge is 0.489 e. The van der Waals surface area contributed by atoms with Crippen LogP contribution in [0.2, 0.25) is 0 Å². The molecule has 5 nitrogen and oxygen atoms in total. The number of carbonyl (C=O) groups is 1. The SMILES string of the molecule is O=C(c1ccn(-c2ccccc2)n1)N1CCOc2cccc(F)c21. The summed E-state index contributed by atoms with van der Waals surface area (Å²) in [6, 6.07) is 15.6. The third-order valence-electron chi connectivity index (χ3n) is 3.87. The molecule has 120 valence electrons. The highest BCUT2D eigenvalue weighted by Gasteiger charge is 2.28. The summed E-state index contributed by atoms with van der Waals surface area (Å²) < 4.78 is 21.2. The number of nitrogens with zero attached hydrogens (tertiary/aromatic N) is 3. The Kier molecular flexibility index (Phi) is 3.49. The van der Waals surface area contributed by atoms with Gasteiger partial charge in [0.15, 0.2) is 11.5 Å². The lowest BCUT2D eigenvalue weighted by Crippen LogP contribution is -2.38. The van der Waals surface area contributed by atoms with E-state index in [4.69, 9.17) is 4.74 Å². The molecule has 1 aromatic heterocycles. The lowest BCUT2D eigenvalue weighted by molar-refractivity contribution is 0.0970. The van der Waals surface area contributed by atoms with Crippen molar-refractivity contribution in [2.24, 2.45) is 0 Å². The molecular formula is C18H14FN3O2. The van der Waals surface area contributed by atoms with Crippen LogP contribution in [0.4, 0.5) is 10.1 Å². The molecule has 0 N–H and O–H groups in total. The van der Waals surface area contributed by atoms with Crippen molar-refractivity contribution in [2.45, 2.75) is 0 Å². The second-order valence-electron chi connectivity index (χ2n) is 5.37. The average molecular weight is 323 g/mol. The van der Waals surface area contributed by atoms with Gasteiger partial charge in [-0.05, 0) is 30.3 Å². The molecule has 24 heavy (non-hydrogen) atoms. The number of fused-ring (bicyclic) bond motifs is 1. The van der Waals surface area contributed by atoms with E-state index >= 15 is 0 Å². The zero-order chi connectivity index (χ0) is 16.5. The number of halogens is 1. The number of benzene rings is 2. The Labute approximate surface area is 137 Å². The van der Waals surface area contributed by atoms with E-state index in [9.17, 15) is 9.18 Å². The summed E-state index contributed by atoms with van der Waals surface area (Å²) >= 11 is 0. The van der Waals surface area contributed by atoms with E-state index in [1.165, 1.54) is 11.0 Å². The molecule has 0 saturated carbocycles. The first-order chi connectivity index (χ1) is 11.7. The number of hydrogen-bond donors (Lipinski definition) is 0. The third-order valence-corrected chi connectivity index (χ3v) is 3.87. The second-order valence-corrected chi connectivity index (χ2v) is 5.37. The number of para-hydroxylation sites is 2. The van der Waals surface area contributed by atoms with E-state index in [-0.39, 0.29) is 23.8 Å². The predicted molar refractivity (Wildman–Crippen MR) is 87.1 cm³/mol. The van der Waals surface area contributed by atoms with Crippen molar-refractivity contribution < 1.29 is 13.9 Å². The van der Waals surface area contributed by atoms with Crippen LogP contribution in [0, 0.1) is 5.82 Å². The van der Waals surface area contributed by atoms with Crippen LogP contribution >= 0.6 is 0 Å². The van der Waals surface area contributed by atoms with Crippen molar-refractivity contribution in [3.05, 3.63) is 72.3 Å². The normalized spacial score (nSPS) is 13.3. The summed E-state index contributed by atoms with van der Waals surface area (Å²) in [6.07, 6.45) is 1.71. The second kappa shape index (κ2) is 5.81. The summed E-state index contributed by atoms with van der Waals surface area (Å²) in [5.74, 6) is -0.459. The maximum absolute atomic E-state index is 14.2. The smallest absolute Gasteiger partial charge is 0.279 e. The van der Waals surface area contributed by atoms with Crippen LogP contribution in [-0.2, 0) is 0 Å². The Bertz CT molecular complexity index is 892. The van der Waals surface area contributed by atoms with E-state index in [1.54, 1.807) is 29.1 Å². The number of ether oxygens (including phenoxy) is 1. The molecule has 2 heterocycles. The molecule has 1 amide bonds. The fourth-order valence-electron chi connectivity index (χ4n) is 2.74. The van der Waals surface area contributed by atoms with Gasteiger partial charge in [-0.1, -0.05) is 24.3 Å². The van der Waals surface area contributed by atoms with Crippen molar-refractivity contribution >= 4 is 11.6 Å². The molecule has 0 atom stereocenters. The van der Waals surface area contributed by atoms with Crippen molar-refractivity contribution in [2.75, 3.05) is 18.1 Å². The molecule has 0 saturated heterocycles. The van der Waals surface area contributed by atoms with Gasteiger partial charge in [-0.3, -0.25) is 9.69 Å². The topological polar surface area (TPSA) is 47.4 Å². The standard InChI is InChI=1S/C18H14FN3O2/c19-14-7-4-8-16-17(14)21(11-12-24-16)18(23)15-9-10-22(20-15)13-5-2-1-3-6-13/h1-10H,11-12H2. The van der Waals surface area contributed by atoms with E-state index in [0.29, 0.717) is 12.4 Å². The molecule has 0 spiro atoms. The number of anilines is 1. The monoisotopic (exact) mass is 323 g/mol. The fourth-order valence-corrected chi connectivity index (χ4v) is 2.74. The van der Waals surface area contributed by atoms with E-state index in [0.717, 1.165) is 5.69 Å². The van der Waals surface area contributed by atoms with Crippen LogP contribution in [0.15, 0.2) is 60.8 Å². The predicted octanol–water partition coefficient (Wildman–Crippen LogP) is 3.05. The highest BCUT2D eigenvalue weighted by atomic mass is 19.1. The number of rotatable bonds is 2. The maximum atomic E-state index is 14.2. The number of amides is 1. The molecule has 2 aromatic carbocycles. The fraction of sp³-hybridized carbons (Fsp3) is 0.111. The highest BCUT2D eigenvalue weighted by molar-refractivity contribution is 6.06. The Morgan fingerprint density at radius 2 is 1.92 bits per heavy atom. The van der Waals surface area contributed by atoms with Gasteiger partial charge < -0.3 is 4.74 Å².